The predicted molar refractivity (Wildman–Crippen MR) is 103 cm³/mol. The van der Waals surface area contributed by atoms with Gasteiger partial charge in [-0.15, -0.1) is 0 Å². The van der Waals surface area contributed by atoms with Crippen LogP contribution in [0.15, 0.2) is 48.8 Å². The summed E-state index contributed by atoms with van der Waals surface area (Å²) in [5.41, 5.74) is 0.447. The third-order valence-electron chi connectivity index (χ3n) is 5.42. The molecule has 2 aliphatic heterocycles. The van der Waals surface area contributed by atoms with Gasteiger partial charge in [0.15, 0.2) is 0 Å². The quantitative estimate of drug-likeness (QED) is 0.805. The van der Waals surface area contributed by atoms with E-state index in [1.165, 1.54) is 12.4 Å². The van der Waals surface area contributed by atoms with E-state index < -0.39 is 5.54 Å². The summed E-state index contributed by atoms with van der Waals surface area (Å²) in [7, 11) is 0. The molecule has 0 radical (unpaired) electrons. The van der Waals surface area contributed by atoms with Crippen LogP contribution in [0, 0.1) is 0 Å². The topological polar surface area (TPSA) is 82.6 Å². The van der Waals surface area contributed by atoms with Gasteiger partial charge in [-0.1, -0.05) is 41.9 Å². The predicted octanol–water partition coefficient (Wildman–Crippen LogP) is 2.46. The van der Waals surface area contributed by atoms with Crippen LogP contribution in [-0.4, -0.2) is 51.3 Å². The van der Waals surface area contributed by atoms with Crippen molar-refractivity contribution in [2.24, 2.45) is 0 Å². The zero-order valence-electron chi connectivity index (χ0n) is 15.1. The molecule has 8 heteroatoms. The maximum Gasteiger partial charge on any atom is 0.325 e. The number of urea groups is 1. The number of pyridine rings is 1. The van der Waals surface area contributed by atoms with Crippen LogP contribution in [-0.2, 0) is 11.3 Å². The van der Waals surface area contributed by atoms with E-state index in [0.29, 0.717) is 43.1 Å². The smallest absolute Gasteiger partial charge is 0.325 e. The number of nitrogens with one attached hydrogen (secondary N) is 1. The normalized spacial score (nSPS) is 18.5. The first-order chi connectivity index (χ1) is 13.5. The van der Waals surface area contributed by atoms with Crippen LogP contribution in [0.4, 0.5) is 4.79 Å². The lowest BCUT2D eigenvalue weighted by Crippen LogP contribution is -2.57. The molecule has 2 saturated heterocycles. The van der Waals surface area contributed by atoms with Gasteiger partial charge in [0.2, 0.25) is 0 Å². The molecular weight excluding hydrogens is 380 g/mol. The summed E-state index contributed by atoms with van der Waals surface area (Å²) in [5.74, 6) is -0.464. The van der Waals surface area contributed by atoms with E-state index in [1.54, 1.807) is 15.9 Å². The lowest BCUT2D eigenvalue weighted by molar-refractivity contribution is -0.129. The van der Waals surface area contributed by atoms with E-state index in [-0.39, 0.29) is 17.8 Å². The molecule has 0 unspecified atom stereocenters. The van der Waals surface area contributed by atoms with Gasteiger partial charge in [0.1, 0.15) is 5.54 Å². The SMILES string of the molecule is O=C(c1cncc(Cl)c1)N1CCC2(CC1)C(=O)NC(=O)N2Cc1ccccc1. The summed E-state index contributed by atoms with van der Waals surface area (Å²) in [6.45, 7) is 1.10. The molecule has 4 rings (SSSR count). The van der Waals surface area contributed by atoms with E-state index in [4.69, 9.17) is 11.6 Å². The average molecular weight is 399 g/mol. The van der Waals surface area contributed by atoms with Gasteiger partial charge in [-0.2, -0.15) is 0 Å². The first-order valence-electron chi connectivity index (χ1n) is 9.06. The Morgan fingerprint density at radius 3 is 2.54 bits per heavy atom. The summed E-state index contributed by atoms with van der Waals surface area (Å²) in [4.78, 5) is 45.0. The highest BCUT2D eigenvalue weighted by molar-refractivity contribution is 6.30. The average Bonchev–Trinajstić information content (AvgIpc) is 2.93. The number of piperidine rings is 1. The molecule has 1 spiro atoms. The molecule has 1 aromatic carbocycles. The van der Waals surface area contributed by atoms with Crippen LogP contribution >= 0.6 is 11.6 Å². The van der Waals surface area contributed by atoms with Crippen molar-refractivity contribution in [3.8, 4) is 0 Å². The Morgan fingerprint density at radius 2 is 1.86 bits per heavy atom. The molecule has 4 amide bonds. The number of halogens is 1. The molecule has 0 aliphatic carbocycles. The monoisotopic (exact) mass is 398 g/mol. The fourth-order valence-corrected chi connectivity index (χ4v) is 4.05. The molecule has 144 valence electrons. The van der Waals surface area contributed by atoms with Crippen molar-refractivity contribution in [1.82, 2.24) is 20.1 Å². The molecule has 0 atom stereocenters. The van der Waals surface area contributed by atoms with Crippen molar-refractivity contribution >= 4 is 29.4 Å². The molecular formula is C20H19ClN4O3. The van der Waals surface area contributed by atoms with Crippen molar-refractivity contribution in [3.63, 3.8) is 0 Å². The van der Waals surface area contributed by atoms with Crippen LogP contribution in [0.1, 0.15) is 28.8 Å². The number of rotatable bonds is 3. The number of nitrogens with zero attached hydrogens (tertiary/aromatic N) is 3. The first-order valence-corrected chi connectivity index (χ1v) is 9.44. The lowest BCUT2D eigenvalue weighted by atomic mass is 9.85. The van der Waals surface area contributed by atoms with Crippen molar-refractivity contribution in [2.45, 2.75) is 24.9 Å². The van der Waals surface area contributed by atoms with Crippen LogP contribution in [0.3, 0.4) is 0 Å². The molecule has 1 aromatic heterocycles. The molecule has 7 nitrogen and oxygen atoms in total. The van der Waals surface area contributed by atoms with Crippen molar-refractivity contribution in [3.05, 3.63) is 64.9 Å². The number of hydrogen-bond acceptors (Lipinski definition) is 4. The fourth-order valence-electron chi connectivity index (χ4n) is 3.88. The van der Waals surface area contributed by atoms with Crippen LogP contribution in [0.2, 0.25) is 5.02 Å². The van der Waals surface area contributed by atoms with E-state index in [2.05, 4.69) is 10.3 Å². The Labute approximate surface area is 167 Å². The molecule has 2 fully saturated rings. The van der Waals surface area contributed by atoms with Crippen LogP contribution in [0.25, 0.3) is 0 Å². The Kier molecular flexibility index (Phi) is 4.77. The van der Waals surface area contributed by atoms with Crippen LogP contribution < -0.4 is 5.32 Å². The van der Waals surface area contributed by atoms with Gasteiger partial charge < -0.3 is 9.80 Å². The summed E-state index contributed by atoms with van der Waals surface area (Å²) in [6, 6.07) is 10.8. The number of carbonyl (C=O) groups is 3. The summed E-state index contributed by atoms with van der Waals surface area (Å²) < 4.78 is 0. The zero-order chi connectivity index (χ0) is 19.7. The zero-order valence-corrected chi connectivity index (χ0v) is 15.9. The molecule has 1 N–H and O–H groups in total. The Bertz CT molecular complexity index is 926. The van der Waals surface area contributed by atoms with Gasteiger partial charge in [-0.05, 0) is 24.5 Å². The fraction of sp³-hybridized carbons (Fsp3) is 0.300. The third-order valence-corrected chi connectivity index (χ3v) is 5.62. The van der Waals surface area contributed by atoms with E-state index in [0.717, 1.165) is 5.56 Å². The van der Waals surface area contributed by atoms with Crippen LogP contribution in [0.5, 0.6) is 0 Å². The van der Waals surface area contributed by atoms with E-state index in [1.807, 2.05) is 30.3 Å². The lowest BCUT2D eigenvalue weighted by Gasteiger charge is -2.42. The second-order valence-corrected chi connectivity index (χ2v) is 7.48. The number of imide groups is 1. The minimum absolute atomic E-state index is 0.177. The number of hydrogen-bond donors (Lipinski definition) is 1. The van der Waals surface area contributed by atoms with Gasteiger partial charge in [0.25, 0.3) is 11.8 Å². The highest BCUT2D eigenvalue weighted by atomic mass is 35.5. The Morgan fingerprint density at radius 1 is 1.14 bits per heavy atom. The first kappa shape index (κ1) is 18.4. The maximum atomic E-state index is 12.7. The van der Waals surface area contributed by atoms with Crippen molar-refractivity contribution in [2.75, 3.05) is 13.1 Å². The summed E-state index contributed by atoms with van der Waals surface area (Å²) in [5, 5.41) is 2.85. The highest BCUT2D eigenvalue weighted by Crippen LogP contribution is 2.35. The molecule has 0 bridgehead atoms. The number of amides is 4. The summed E-state index contributed by atoms with van der Waals surface area (Å²) >= 11 is 5.93. The standard InChI is InChI=1S/C20H19ClN4O3/c21-16-10-15(11-22-12-16)17(26)24-8-6-20(7-9-24)18(27)23-19(28)25(20)13-14-4-2-1-3-5-14/h1-5,10-12H,6-9,13H2,(H,23,27,28). The second kappa shape index (κ2) is 7.24. The van der Waals surface area contributed by atoms with Gasteiger partial charge in [-0.3, -0.25) is 19.9 Å². The van der Waals surface area contributed by atoms with Gasteiger partial charge in [-0.25, -0.2) is 4.79 Å². The molecule has 28 heavy (non-hydrogen) atoms. The minimum atomic E-state index is -0.920. The molecule has 0 saturated carbocycles. The minimum Gasteiger partial charge on any atom is -0.338 e. The highest BCUT2D eigenvalue weighted by Gasteiger charge is 2.54. The number of likely N-dealkylation sites (tertiary alicyclic amines) is 1. The van der Waals surface area contributed by atoms with Gasteiger partial charge in [0, 0.05) is 32.0 Å². The number of benzene rings is 1. The van der Waals surface area contributed by atoms with Crippen molar-refractivity contribution < 1.29 is 14.4 Å². The maximum absolute atomic E-state index is 12.7. The third kappa shape index (κ3) is 3.22. The number of carbonyl (C=O) groups excluding carboxylic acids is 3. The second-order valence-electron chi connectivity index (χ2n) is 7.05. The molecule has 2 aromatic rings. The molecule has 2 aliphatic rings. The largest absolute Gasteiger partial charge is 0.338 e. The summed E-state index contributed by atoms with van der Waals surface area (Å²) in [6.07, 6.45) is 3.72. The van der Waals surface area contributed by atoms with Crippen molar-refractivity contribution in [1.29, 1.82) is 0 Å². The van der Waals surface area contributed by atoms with Gasteiger partial charge in [0.05, 0.1) is 10.6 Å². The van der Waals surface area contributed by atoms with E-state index in [9.17, 15) is 14.4 Å². The molecule has 3 heterocycles. The number of aromatic nitrogens is 1. The van der Waals surface area contributed by atoms with E-state index >= 15 is 0 Å². The Hall–Kier alpha value is -2.93. The Balaban J connectivity index is 1.51. The van der Waals surface area contributed by atoms with Gasteiger partial charge >= 0.3 is 6.03 Å².